The Hall–Kier alpha value is -3.68. The van der Waals surface area contributed by atoms with Gasteiger partial charge >= 0.3 is 17.8 Å². The van der Waals surface area contributed by atoms with Crippen LogP contribution < -0.4 is 5.69 Å². The maximum absolute atomic E-state index is 13.2. The third-order valence-corrected chi connectivity index (χ3v) is 6.17. The number of aliphatic hydroxyl groups excluding tert-OH is 1. The number of carboxylic acids is 1. The molecule has 0 saturated carbocycles. The average molecular weight is 571 g/mol. The van der Waals surface area contributed by atoms with Gasteiger partial charge in [-0.15, -0.1) is 10.2 Å². The van der Waals surface area contributed by atoms with Crippen molar-refractivity contribution in [3.05, 3.63) is 74.9 Å². The third-order valence-electron chi connectivity index (χ3n) is 5.59. The van der Waals surface area contributed by atoms with E-state index in [0.717, 1.165) is 9.36 Å². The zero-order chi connectivity index (χ0) is 27.8. The second kappa shape index (κ2) is 10.6. The summed E-state index contributed by atoms with van der Waals surface area (Å²) in [6.07, 6.45) is -7.83. The molecule has 0 spiro atoms. The summed E-state index contributed by atoms with van der Waals surface area (Å²) in [5.41, 5.74) is -0.327. The summed E-state index contributed by atoms with van der Waals surface area (Å²) in [5.74, 6) is -1.34. The molecule has 0 bridgehead atoms. The van der Waals surface area contributed by atoms with Crippen LogP contribution in [0.3, 0.4) is 0 Å². The van der Waals surface area contributed by atoms with E-state index >= 15 is 0 Å². The molecule has 4 rings (SSSR count). The number of rotatable bonds is 8. The molecule has 0 radical (unpaired) electrons. The molecule has 0 amide bonds. The van der Waals surface area contributed by atoms with Crippen LogP contribution >= 0.6 is 23.2 Å². The molecule has 2 N–H and O–H groups in total. The molecule has 0 aliphatic carbocycles. The van der Waals surface area contributed by atoms with Crippen molar-refractivity contribution in [3.8, 4) is 22.8 Å². The summed E-state index contributed by atoms with van der Waals surface area (Å²) >= 11 is 12.1. The van der Waals surface area contributed by atoms with E-state index in [9.17, 15) is 33.0 Å². The summed E-state index contributed by atoms with van der Waals surface area (Å²) in [6, 6.07) is 11.2. The summed E-state index contributed by atoms with van der Waals surface area (Å²) < 4.78 is 41.9. The Kier molecular flexibility index (Phi) is 7.63. The summed E-state index contributed by atoms with van der Waals surface area (Å²) in [6.45, 7) is -0.218. The van der Waals surface area contributed by atoms with Gasteiger partial charge in [0.05, 0.1) is 11.6 Å². The van der Waals surface area contributed by atoms with E-state index in [1.54, 1.807) is 24.3 Å². The zero-order valence-corrected chi connectivity index (χ0v) is 21.0. The van der Waals surface area contributed by atoms with E-state index in [1.165, 1.54) is 31.2 Å². The molecule has 200 valence electrons. The molecule has 2 aromatic carbocycles. The van der Waals surface area contributed by atoms with Gasteiger partial charge < -0.3 is 10.2 Å². The molecule has 0 fully saturated rings. The van der Waals surface area contributed by atoms with Gasteiger partial charge in [0, 0.05) is 16.1 Å². The lowest BCUT2D eigenvalue weighted by Crippen LogP contribution is -2.37. The van der Waals surface area contributed by atoms with Crippen LogP contribution in [0.15, 0.2) is 53.3 Å². The lowest BCUT2D eigenvalue weighted by atomic mass is 10.2. The normalized spacial score (nSPS) is 13.4. The van der Waals surface area contributed by atoms with Gasteiger partial charge in [0.1, 0.15) is 18.4 Å². The quantitative estimate of drug-likeness (QED) is 0.329. The maximum atomic E-state index is 13.2. The van der Waals surface area contributed by atoms with Crippen molar-refractivity contribution in [2.45, 2.75) is 38.3 Å². The van der Waals surface area contributed by atoms with E-state index in [0.29, 0.717) is 20.2 Å². The number of carbonyl (C=O) groups is 1. The molecule has 2 heterocycles. The van der Waals surface area contributed by atoms with Crippen LogP contribution in [-0.2, 0) is 17.9 Å². The largest absolute Gasteiger partial charge is 0.480 e. The Morgan fingerprint density at radius 2 is 1.74 bits per heavy atom. The first kappa shape index (κ1) is 27.4. The van der Waals surface area contributed by atoms with Gasteiger partial charge in [-0.05, 0) is 43.3 Å². The standard InChI is InChI=1S/C23H19Cl2F3N6O4/c1-12(21(36)37)34-18(29-19(30-34)15-4-2-3-5-16(15)25)11-33-22(38)32(10-17(35)23(26,27)28)20(31-33)13-6-8-14(24)9-7-13/h2-9,12,17,35H,10-11H2,1H3,(H,36,37)/t12?,17-/m0/s1. The Balaban J connectivity index is 1.83. The lowest BCUT2D eigenvalue weighted by Gasteiger charge is -2.15. The number of nitrogens with zero attached hydrogens (tertiary/aromatic N) is 6. The van der Waals surface area contributed by atoms with E-state index < -0.39 is 43.1 Å². The van der Waals surface area contributed by atoms with E-state index in [1.807, 2.05) is 0 Å². The molecule has 0 aliphatic heterocycles. The number of benzene rings is 2. The molecular weight excluding hydrogens is 552 g/mol. The lowest BCUT2D eigenvalue weighted by molar-refractivity contribution is -0.207. The minimum absolute atomic E-state index is 0.0133. The number of halogens is 5. The van der Waals surface area contributed by atoms with E-state index in [-0.39, 0.29) is 23.0 Å². The van der Waals surface area contributed by atoms with Crippen molar-refractivity contribution < 1.29 is 28.2 Å². The van der Waals surface area contributed by atoms with Crippen LogP contribution in [0.5, 0.6) is 0 Å². The number of carboxylic acid groups (broad SMARTS) is 1. The Morgan fingerprint density at radius 3 is 2.34 bits per heavy atom. The number of aliphatic hydroxyl groups is 1. The molecule has 0 aliphatic rings. The number of alkyl halides is 3. The van der Waals surface area contributed by atoms with Crippen molar-refractivity contribution in [2.75, 3.05) is 0 Å². The van der Waals surface area contributed by atoms with Gasteiger partial charge in [-0.25, -0.2) is 23.9 Å². The van der Waals surface area contributed by atoms with Crippen LogP contribution in [0, 0.1) is 0 Å². The molecule has 10 nitrogen and oxygen atoms in total. The Morgan fingerprint density at radius 1 is 1.08 bits per heavy atom. The first-order valence-corrected chi connectivity index (χ1v) is 11.7. The van der Waals surface area contributed by atoms with Crippen molar-refractivity contribution >= 4 is 29.2 Å². The Labute approximate surface area is 222 Å². The van der Waals surface area contributed by atoms with Crippen LogP contribution in [0.25, 0.3) is 22.8 Å². The molecule has 1 unspecified atom stereocenters. The fourth-order valence-corrected chi connectivity index (χ4v) is 3.91. The predicted octanol–water partition coefficient (Wildman–Crippen LogP) is 3.89. The summed E-state index contributed by atoms with van der Waals surface area (Å²) in [7, 11) is 0. The Bertz CT molecular complexity index is 1530. The van der Waals surface area contributed by atoms with Crippen LogP contribution in [0.4, 0.5) is 13.2 Å². The zero-order valence-electron chi connectivity index (χ0n) is 19.5. The van der Waals surface area contributed by atoms with Gasteiger partial charge in [-0.2, -0.15) is 13.2 Å². The number of hydrogen-bond acceptors (Lipinski definition) is 6. The first-order valence-electron chi connectivity index (χ1n) is 11.0. The second-order valence-electron chi connectivity index (χ2n) is 8.23. The molecule has 15 heteroatoms. The van der Waals surface area contributed by atoms with Gasteiger partial charge in [-0.1, -0.05) is 35.3 Å². The van der Waals surface area contributed by atoms with Crippen LogP contribution in [0.1, 0.15) is 18.8 Å². The number of aromatic nitrogens is 6. The number of hydrogen-bond donors (Lipinski definition) is 2. The maximum Gasteiger partial charge on any atom is 0.416 e. The molecule has 4 aromatic rings. The van der Waals surface area contributed by atoms with Crippen LogP contribution in [0.2, 0.25) is 10.0 Å². The topological polar surface area (TPSA) is 128 Å². The van der Waals surface area contributed by atoms with Crippen LogP contribution in [-0.4, -0.2) is 57.6 Å². The SMILES string of the molecule is CC(C(=O)O)n1nc(-c2ccccc2Cl)nc1Cn1nc(-c2ccc(Cl)cc2)n(C[C@H](O)C(F)(F)F)c1=O. The predicted molar refractivity (Wildman–Crippen MR) is 131 cm³/mol. The number of aliphatic carboxylic acids is 1. The van der Waals surface area contributed by atoms with Gasteiger partial charge in [0.25, 0.3) is 0 Å². The smallest absolute Gasteiger partial charge is 0.416 e. The summed E-state index contributed by atoms with van der Waals surface area (Å²) in [4.78, 5) is 29.3. The highest BCUT2D eigenvalue weighted by molar-refractivity contribution is 6.33. The van der Waals surface area contributed by atoms with Gasteiger partial charge in [-0.3, -0.25) is 4.57 Å². The highest BCUT2D eigenvalue weighted by Gasteiger charge is 2.39. The monoisotopic (exact) mass is 570 g/mol. The summed E-state index contributed by atoms with van der Waals surface area (Å²) in [5, 5.41) is 28.3. The van der Waals surface area contributed by atoms with Crippen molar-refractivity contribution in [2.24, 2.45) is 0 Å². The van der Waals surface area contributed by atoms with Crippen molar-refractivity contribution in [1.29, 1.82) is 0 Å². The van der Waals surface area contributed by atoms with Crippen molar-refractivity contribution in [3.63, 3.8) is 0 Å². The van der Waals surface area contributed by atoms with E-state index in [4.69, 9.17) is 23.2 Å². The fourth-order valence-electron chi connectivity index (χ4n) is 3.57. The highest BCUT2D eigenvalue weighted by atomic mass is 35.5. The minimum atomic E-state index is -4.99. The molecular formula is C23H19Cl2F3N6O4. The minimum Gasteiger partial charge on any atom is -0.480 e. The molecule has 2 atom stereocenters. The van der Waals surface area contributed by atoms with Crippen molar-refractivity contribution in [1.82, 2.24) is 29.1 Å². The second-order valence-corrected chi connectivity index (χ2v) is 9.07. The fraction of sp³-hybridized carbons (Fsp3) is 0.261. The van der Waals surface area contributed by atoms with Gasteiger partial charge in [0.15, 0.2) is 17.8 Å². The third kappa shape index (κ3) is 5.59. The average Bonchev–Trinajstić information content (AvgIpc) is 3.40. The van der Waals surface area contributed by atoms with Gasteiger partial charge in [0.2, 0.25) is 0 Å². The van der Waals surface area contributed by atoms with E-state index in [2.05, 4.69) is 15.2 Å². The molecule has 38 heavy (non-hydrogen) atoms. The molecule has 0 saturated heterocycles. The molecule has 2 aromatic heterocycles. The highest BCUT2D eigenvalue weighted by Crippen LogP contribution is 2.27. The first-order chi connectivity index (χ1) is 17.9.